The number of hydrogen-bond acceptors (Lipinski definition) is 2. The minimum absolute atomic E-state index is 0.233. The van der Waals surface area contributed by atoms with Crippen LogP contribution in [-0.2, 0) is 6.54 Å². The molecule has 0 bridgehead atoms. The summed E-state index contributed by atoms with van der Waals surface area (Å²) in [6.07, 6.45) is 1.62. The van der Waals surface area contributed by atoms with Crippen molar-refractivity contribution in [1.29, 1.82) is 0 Å². The summed E-state index contributed by atoms with van der Waals surface area (Å²) in [6.45, 7) is 2.28. The highest BCUT2D eigenvalue weighted by atomic mass is 32.1. The van der Waals surface area contributed by atoms with Crippen LogP contribution in [0.3, 0.4) is 0 Å². The Labute approximate surface area is 108 Å². The Bertz CT molecular complexity index is 755. The van der Waals surface area contributed by atoms with Gasteiger partial charge >= 0.3 is 0 Å². The monoisotopic (exact) mass is 262 g/mol. The normalized spacial score (nSPS) is 11.2. The molecule has 1 N–H and O–H groups in total. The molecule has 3 rings (SSSR count). The lowest BCUT2D eigenvalue weighted by atomic mass is 10.2. The molecule has 92 valence electrons. The van der Waals surface area contributed by atoms with Crippen LogP contribution in [-0.4, -0.2) is 9.55 Å². The second-order valence-corrected chi connectivity index (χ2v) is 4.60. The van der Waals surface area contributed by atoms with E-state index < -0.39 is 0 Å². The fraction of sp³-hybridized carbons (Fsp3) is 0.154. The summed E-state index contributed by atoms with van der Waals surface area (Å²) in [5, 5.41) is 0. The fourth-order valence-corrected chi connectivity index (χ4v) is 2.27. The molecule has 3 aromatic rings. The Kier molecular flexibility index (Phi) is 2.56. The Morgan fingerprint density at radius 2 is 2.28 bits per heavy atom. The lowest BCUT2D eigenvalue weighted by Gasteiger charge is -2.03. The van der Waals surface area contributed by atoms with E-state index in [1.54, 1.807) is 19.3 Å². The van der Waals surface area contributed by atoms with Crippen LogP contribution in [0.5, 0.6) is 0 Å². The lowest BCUT2D eigenvalue weighted by molar-refractivity contribution is 0.495. The molecule has 0 amide bonds. The van der Waals surface area contributed by atoms with Crippen LogP contribution in [0.4, 0.5) is 4.39 Å². The lowest BCUT2D eigenvalue weighted by Crippen LogP contribution is -1.98. The number of benzene rings is 1. The van der Waals surface area contributed by atoms with Crippen molar-refractivity contribution in [2.24, 2.45) is 0 Å². The molecule has 0 saturated carbocycles. The summed E-state index contributed by atoms with van der Waals surface area (Å²) in [5.74, 6) is 0.581. The molecular formula is C13H11FN2OS. The highest BCUT2D eigenvalue weighted by Gasteiger charge is 2.09. The molecular weight excluding hydrogens is 251 g/mol. The molecule has 2 heterocycles. The first-order chi connectivity index (χ1) is 8.65. The summed E-state index contributed by atoms with van der Waals surface area (Å²) >= 11 is 5.26. The number of aromatic amines is 1. The third kappa shape index (κ3) is 1.76. The molecule has 0 unspecified atom stereocenters. The summed E-state index contributed by atoms with van der Waals surface area (Å²) in [7, 11) is 0. The van der Waals surface area contributed by atoms with Gasteiger partial charge in [-0.25, -0.2) is 4.39 Å². The van der Waals surface area contributed by atoms with Crippen LogP contribution >= 0.6 is 12.2 Å². The Morgan fingerprint density at radius 1 is 1.44 bits per heavy atom. The van der Waals surface area contributed by atoms with E-state index in [4.69, 9.17) is 16.6 Å². The average molecular weight is 262 g/mol. The summed E-state index contributed by atoms with van der Waals surface area (Å²) in [6, 6.07) is 6.98. The van der Waals surface area contributed by atoms with Gasteiger partial charge in [0, 0.05) is 0 Å². The number of H-pyrrole nitrogens is 1. The van der Waals surface area contributed by atoms with Gasteiger partial charge in [0.1, 0.15) is 11.6 Å². The van der Waals surface area contributed by atoms with Crippen molar-refractivity contribution in [2.75, 3.05) is 0 Å². The molecule has 5 heteroatoms. The maximum Gasteiger partial charge on any atom is 0.178 e. The van der Waals surface area contributed by atoms with E-state index in [0.717, 1.165) is 11.3 Å². The number of fused-ring (bicyclic) bond motifs is 1. The molecule has 3 nitrogen and oxygen atoms in total. The van der Waals surface area contributed by atoms with Crippen LogP contribution < -0.4 is 0 Å². The summed E-state index contributed by atoms with van der Waals surface area (Å²) < 4.78 is 21.3. The number of hydrogen-bond donors (Lipinski definition) is 1. The zero-order valence-electron chi connectivity index (χ0n) is 9.74. The number of nitrogens with zero attached hydrogens (tertiary/aromatic N) is 1. The molecule has 0 aliphatic heterocycles. The zero-order chi connectivity index (χ0) is 12.7. The van der Waals surface area contributed by atoms with Crippen LogP contribution in [0, 0.1) is 17.5 Å². The molecule has 0 saturated heterocycles. The average Bonchev–Trinajstić information content (AvgIpc) is 2.92. The van der Waals surface area contributed by atoms with Gasteiger partial charge in [-0.15, -0.1) is 0 Å². The Balaban J connectivity index is 2.19. The van der Waals surface area contributed by atoms with Gasteiger partial charge in [0.25, 0.3) is 0 Å². The minimum Gasteiger partial charge on any atom is -0.467 e. The fourth-order valence-electron chi connectivity index (χ4n) is 2.00. The van der Waals surface area contributed by atoms with E-state index in [2.05, 4.69) is 4.98 Å². The third-order valence-electron chi connectivity index (χ3n) is 2.95. The van der Waals surface area contributed by atoms with Crippen LogP contribution in [0.1, 0.15) is 11.3 Å². The van der Waals surface area contributed by atoms with Crippen molar-refractivity contribution in [3.05, 3.63) is 52.4 Å². The molecule has 0 radical (unpaired) electrons. The quantitative estimate of drug-likeness (QED) is 0.713. The van der Waals surface area contributed by atoms with Crippen LogP contribution in [0.25, 0.3) is 11.0 Å². The van der Waals surface area contributed by atoms with Crippen molar-refractivity contribution in [3.63, 3.8) is 0 Å². The van der Waals surface area contributed by atoms with Crippen molar-refractivity contribution >= 4 is 23.3 Å². The summed E-state index contributed by atoms with van der Waals surface area (Å²) in [4.78, 5) is 3.00. The topological polar surface area (TPSA) is 33.9 Å². The van der Waals surface area contributed by atoms with E-state index in [1.165, 1.54) is 6.07 Å². The largest absolute Gasteiger partial charge is 0.467 e. The standard InChI is InChI=1S/C13H11FN2OS/c1-8-5-12-11(6-10(8)14)15-13(18)16(12)7-9-3-2-4-17-9/h2-6H,7H2,1H3,(H,15,18). The molecule has 0 fully saturated rings. The number of rotatable bonds is 2. The van der Waals surface area contributed by atoms with Gasteiger partial charge in [0.15, 0.2) is 4.77 Å². The van der Waals surface area contributed by atoms with Crippen molar-refractivity contribution in [2.45, 2.75) is 13.5 Å². The molecule has 0 aliphatic rings. The molecule has 18 heavy (non-hydrogen) atoms. The van der Waals surface area contributed by atoms with Gasteiger partial charge in [-0.3, -0.25) is 0 Å². The number of furan rings is 1. The van der Waals surface area contributed by atoms with Gasteiger partial charge < -0.3 is 14.0 Å². The molecule has 0 spiro atoms. The Hall–Kier alpha value is -1.88. The number of nitrogens with one attached hydrogen (secondary N) is 1. The second-order valence-electron chi connectivity index (χ2n) is 4.21. The van der Waals surface area contributed by atoms with E-state index in [0.29, 0.717) is 22.4 Å². The smallest absolute Gasteiger partial charge is 0.178 e. The molecule has 0 aliphatic carbocycles. The third-order valence-corrected chi connectivity index (χ3v) is 3.27. The van der Waals surface area contributed by atoms with Crippen LogP contribution in [0.2, 0.25) is 0 Å². The highest BCUT2D eigenvalue weighted by Crippen LogP contribution is 2.20. The number of aryl methyl sites for hydroxylation is 1. The van der Waals surface area contributed by atoms with Crippen molar-refractivity contribution in [3.8, 4) is 0 Å². The first-order valence-corrected chi connectivity index (χ1v) is 5.97. The van der Waals surface area contributed by atoms with Gasteiger partial charge in [-0.05, 0) is 49.0 Å². The zero-order valence-corrected chi connectivity index (χ0v) is 10.6. The van der Waals surface area contributed by atoms with Gasteiger partial charge in [-0.2, -0.15) is 0 Å². The predicted octanol–water partition coefficient (Wildman–Crippen LogP) is 3.79. The first kappa shape index (κ1) is 11.2. The van der Waals surface area contributed by atoms with E-state index in [-0.39, 0.29) is 5.82 Å². The molecule has 1 aromatic carbocycles. The van der Waals surface area contributed by atoms with Gasteiger partial charge in [0.05, 0.1) is 23.8 Å². The van der Waals surface area contributed by atoms with Crippen LogP contribution in [0.15, 0.2) is 34.9 Å². The summed E-state index contributed by atoms with van der Waals surface area (Å²) in [5.41, 5.74) is 2.19. The number of halogens is 1. The predicted molar refractivity (Wildman–Crippen MR) is 69.6 cm³/mol. The van der Waals surface area contributed by atoms with E-state index >= 15 is 0 Å². The Morgan fingerprint density at radius 3 is 3.00 bits per heavy atom. The highest BCUT2D eigenvalue weighted by molar-refractivity contribution is 7.71. The molecule has 0 atom stereocenters. The van der Waals surface area contributed by atoms with Gasteiger partial charge in [-0.1, -0.05) is 0 Å². The van der Waals surface area contributed by atoms with E-state index in [9.17, 15) is 4.39 Å². The maximum absolute atomic E-state index is 13.5. The van der Waals surface area contributed by atoms with E-state index in [1.807, 2.05) is 16.7 Å². The number of imidazole rings is 1. The maximum atomic E-state index is 13.5. The SMILES string of the molecule is Cc1cc2c(cc1F)[nH]c(=S)n2Cc1ccco1. The molecule has 2 aromatic heterocycles. The second kappa shape index (κ2) is 4.10. The number of aromatic nitrogens is 2. The first-order valence-electron chi connectivity index (χ1n) is 5.56. The minimum atomic E-state index is -0.233. The van der Waals surface area contributed by atoms with Crippen molar-refractivity contribution < 1.29 is 8.81 Å². The van der Waals surface area contributed by atoms with Crippen molar-refractivity contribution in [1.82, 2.24) is 9.55 Å². The van der Waals surface area contributed by atoms with Gasteiger partial charge in [0.2, 0.25) is 0 Å².